The van der Waals surface area contributed by atoms with E-state index in [0.29, 0.717) is 11.5 Å². The molecule has 3 rings (SSSR count). The fourth-order valence-corrected chi connectivity index (χ4v) is 5.56. The van der Waals surface area contributed by atoms with Crippen molar-refractivity contribution in [3.63, 3.8) is 0 Å². The smallest absolute Gasteiger partial charge is 0.243 e. The average molecular weight is 419 g/mol. The van der Waals surface area contributed by atoms with Gasteiger partial charge in [-0.2, -0.15) is 4.31 Å². The first kappa shape index (κ1) is 21.6. The normalized spacial score (nSPS) is 20.6. The summed E-state index contributed by atoms with van der Waals surface area (Å²) in [5, 5.41) is 0. The van der Waals surface area contributed by atoms with Gasteiger partial charge in [0.25, 0.3) is 0 Å². The Labute approximate surface area is 174 Å². The van der Waals surface area contributed by atoms with Crippen LogP contribution in [-0.2, 0) is 16.6 Å². The van der Waals surface area contributed by atoms with Gasteiger partial charge in [-0.15, -0.1) is 0 Å². The van der Waals surface area contributed by atoms with Gasteiger partial charge < -0.3 is 9.47 Å². The second kappa shape index (κ2) is 9.15. The molecule has 2 unspecified atom stereocenters. The highest BCUT2D eigenvalue weighted by Crippen LogP contribution is 2.32. The molecule has 1 aliphatic rings. The molecule has 2 aromatic rings. The Morgan fingerprint density at radius 2 is 1.76 bits per heavy atom. The second-order valence-electron chi connectivity index (χ2n) is 7.59. The zero-order chi connectivity index (χ0) is 21.0. The SMILES string of the molecule is COc1ccc(S(=O)(=O)N(C)C2CCN(Cc3ccccc3)CC2C)cc1OC. The summed E-state index contributed by atoms with van der Waals surface area (Å²) in [5.41, 5.74) is 1.28. The number of piperidine rings is 1. The fraction of sp³-hybridized carbons (Fsp3) is 0.455. The van der Waals surface area contributed by atoms with E-state index in [1.165, 1.54) is 30.2 Å². The van der Waals surface area contributed by atoms with Gasteiger partial charge in [0.2, 0.25) is 10.0 Å². The highest BCUT2D eigenvalue weighted by molar-refractivity contribution is 7.89. The molecule has 158 valence electrons. The lowest BCUT2D eigenvalue weighted by atomic mass is 9.93. The first-order valence-electron chi connectivity index (χ1n) is 9.83. The number of likely N-dealkylation sites (tertiary alicyclic amines) is 1. The molecule has 0 bridgehead atoms. The molecule has 6 nitrogen and oxygen atoms in total. The lowest BCUT2D eigenvalue weighted by Crippen LogP contribution is -2.50. The van der Waals surface area contributed by atoms with E-state index in [4.69, 9.17) is 9.47 Å². The van der Waals surface area contributed by atoms with Crippen molar-refractivity contribution in [2.45, 2.75) is 30.8 Å². The lowest BCUT2D eigenvalue weighted by molar-refractivity contribution is 0.113. The molecule has 7 heteroatoms. The van der Waals surface area contributed by atoms with E-state index in [0.717, 1.165) is 26.1 Å². The van der Waals surface area contributed by atoms with E-state index in [1.54, 1.807) is 19.2 Å². The van der Waals surface area contributed by atoms with Crippen LogP contribution in [0, 0.1) is 5.92 Å². The van der Waals surface area contributed by atoms with Crippen molar-refractivity contribution in [2.24, 2.45) is 5.92 Å². The largest absolute Gasteiger partial charge is 0.493 e. The zero-order valence-corrected chi connectivity index (χ0v) is 18.4. The third-order valence-electron chi connectivity index (χ3n) is 5.69. The first-order chi connectivity index (χ1) is 13.9. The summed E-state index contributed by atoms with van der Waals surface area (Å²) >= 11 is 0. The maximum absolute atomic E-state index is 13.2. The van der Waals surface area contributed by atoms with Gasteiger partial charge in [0, 0.05) is 38.8 Å². The van der Waals surface area contributed by atoms with Crippen LogP contribution in [-0.4, -0.2) is 58.0 Å². The number of benzene rings is 2. The van der Waals surface area contributed by atoms with Gasteiger partial charge in [-0.3, -0.25) is 4.90 Å². The first-order valence-corrected chi connectivity index (χ1v) is 11.3. The average Bonchev–Trinajstić information content (AvgIpc) is 2.73. The van der Waals surface area contributed by atoms with Gasteiger partial charge in [-0.1, -0.05) is 37.3 Å². The Kier molecular flexibility index (Phi) is 6.82. The fourth-order valence-electron chi connectivity index (χ4n) is 4.07. The minimum absolute atomic E-state index is 0.0416. The molecule has 1 heterocycles. The van der Waals surface area contributed by atoms with Gasteiger partial charge in [-0.05, 0) is 30.0 Å². The van der Waals surface area contributed by atoms with Crippen LogP contribution in [0.4, 0.5) is 0 Å². The van der Waals surface area contributed by atoms with E-state index < -0.39 is 10.0 Å². The predicted octanol–water partition coefficient (Wildman–Crippen LogP) is 3.23. The summed E-state index contributed by atoms with van der Waals surface area (Å²) in [5.74, 6) is 1.15. The molecule has 1 aliphatic heterocycles. The van der Waals surface area contributed by atoms with Crippen molar-refractivity contribution in [1.29, 1.82) is 0 Å². The van der Waals surface area contributed by atoms with Crippen LogP contribution < -0.4 is 9.47 Å². The van der Waals surface area contributed by atoms with Crippen LogP contribution in [0.3, 0.4) is 0 Å². The molecule has 1 saturated heterocycles. The number of hydrogen-bond acceptors (Lipinski definition) is 5. The van der Waals surface area contributed by atoms with Gasteiger partial charge in [0.05, 0.1) is 19.1 Å². The van der Waals surface area contributed by atoms with E-state index in [9.17, 15) is 8.42 Å². The minimum Gasteiger partial charge on any atom is -0.493 e. The molecular weight excluding hydrogens is 388 g/mol. The summed E-state index contributed by atoms with van der Waals surface area (Å²) in [6, 6.07) is 15.1. The number of sulfonamides is 1. The minimum atomic E-state index is -3.63. The third-order valence-corrected chi connectivity index (χ3v) is 7.57. The van der Waals surface area contributed by atoms with Crippen molar-refractivity contribution >= 4 is 10.0 Å². The maximum Gasteiger partial charge on any atom is 0.243 e. The molecular formula is C22H30N2O4S. The number of methoxy groups -OCH3 is 2. The van der Waals surface area contributed by atoms with Crippen molar-refractivity contribution in [3.05, 3.63) is 54.1 Å². The van der Waals surface area contributed by atoms with Gasteiger partial charge in [0.15, 0.2) is 11.5 Å². The third kappa shape index (κ3) is 4.74. The van der Waals surface area contributed by atoms with Crippen molar-refractivity contribution < 1.29 is 17.9 Å². The zero-order valence-electron chi connectivity index (χ0n) is 17.5. The molecule has 0 aliphatic carbocycles. The Bertz CT molecular complexity index is 918. The van der Waals surface area contributed by atoms with Gasteiger partial charge >= 0.3 is 0 Å². The Morgan fingerprint density at radius 3 is 2.38 bits per heavy atom. The molecule has 0 spiro atoms. The summed E-state index contributed by atoms with van der Waals surface area (Å²) in [7, 11) is 1.09. The topological polar surface area (TPSA) is 59.1 Å². The number of rotatable bonds is 7. The lowest BCUT2D eigenvalue weighted by Gasteiger charge is -2.40. The molecule has 0 amide bonds. The van der Waals surface area contributed by atoms with Crippen molar-refractivity contribution in [3.8, 4) is 11.5 Å². The van der Waals surface area contributed by atoms with Crippen molar-refractivity contribution in [2.75, 3.05) is 34.4 Å². The molecule has 1 fully saturated rings. The highest BCUT2D eigenvalue weighted by atomic mass is 32.2. The molecule has 2 atom stereocenters. The van der Waals surface area contributed by atoms with Crippen LogP contribution >= 0.6 is 0 Å². The van der Waals surface area contributed by atoms with Crippen LogP contribution in [0.1, 0.15) is 18.9 Å². The molecule has 0 saturated carbocycles. The molecule has 0 N–H and O–H groups in total. The number of ether oxygens (including phenoxy) is 2. The summed E-state index contributed by atoms with van der Waals surface area (Å²) in [6.45, 7) is 4.76. The van der Waals surface area contributed by atoms with Gasteiger partial charge in [-0.25, -0.2) is 8.42 Å². The monoisotopic (exact) mass is 418 g/mol. The van der Waals surface area contributed by atoms with Crippen LogP contribution in [0.2, 0.25) is 0 Å². The Morgan fingerprint density at radius 1 is 1.07 bits per heavy atom. The van der Waals surface area contributed by atoms with Crippen LogP contribution in [0.5, 0.6) is 11.5 Å². The summed E-state index contributed by atoms with van der Waals surface area (Å²) in [4.78, 5) is 2.62. The van der Waals surface area contributed by atoms with E-state index >= 15 is 0 Å². The highest BCUT2D eigenvalue weighted by Gasteiger charge is 2.35. The maximum atomic E-state index is 13.2. The molecule has 0 aromatic heterocycles. The Hall–Kier alpha value is -2.09. The van der Waals surface area contributed by atoms with E-state index in [1.807, 2.05) is 6.07 Å². The number of hydrogen-bond donors (Lipinski definition) is 0. The molecule has 2 aromatic carbocycles. The van der Waals surface area contributed by atoms with Crippen LogP contribution in [0.15, 0.2) is 53.4 Å². The molecule has 0 radical (unpaired) electrons. The van der Waals surface area contributed by atoms with Gasteiger partial charge in [0.1, 0.15) is 0 Å². The number of nitrogens with zero attached hydrogens (tertiary/aromatic N) is 2. The quantitative estimate of drug-likeness (QED) is 0.691. The summed E-state index contributed by atoms with van der Waals surface area (Å²) in [6.07, 6.45) is 0.803. The van der Waals surface area contributed by atoms with Crippen molar-refractivity contribution in [1.82, 2.24) is 9.21 Å². The Balaban J connectivity index is 1.72. The van der Waals surface area contributed by atoms with E-state index in [-0.39, 0.29) is 16.9 Å². The molecule has 29 heavy (non-hydrogen) atoms. The van der Waals surface area contributed by atoms with E-state index in [2.05, 4.69) is 36.1 Å². The second-order valence-corrected chi connectivity index (χ2v) is 9.59. The predicted molar refractivity (Wildman–Crippen MR) is 114 cm³/mol. The summed E-state index contributed by atoms with van der Waals surface area (Å²) < 4.78 is 38.5. The standard InChI is InChI=1S/C22H30N2O4S/c1-17-15-24(16-18-8-6-5-7-9-18)13-12-20(17)23(2)29(25,26)19-10-11-21(27-3)22(14-19)28-4/h5-11,14,17,20H,12-13,15-16H2,1-4H3. The van der Waals surface area contributed by atoms with Crippen LogP contribution in [0.25, 0.3) is 0 Å².